The van der Waals surface area contributed by atoms with Gasteiger partial charge in [0.2, 0.25) is 11.7 Å². The molecule has 0 bridgehead atoms. The maximum atomic E-state index is 12.3. The fourth-order valence-electron chi connectivity index (χ4n) is 2.62. The Morgan fingerprint density at radius 2 is 1.93 bits per heavy atom. The second kappa shape index (κ2) is 8.44. The number of hydrogen-bond acceptors (Lipinski definition) is 5. The van der Waals surface area contributed by atoms with Gasteiger partial charge in [-0.15, -0.1) is 10.2 Å². The molecule has 1 heterocycles. The lowest BCUT2D eigenvalue weighted by Gasteiger charge is -2.08. The van der Waals surface area contributed by atoms with Gasteiger partial charge in [-0.2, -0.15) is 4.80 Å². The summed E-state index contributed by atoms with van der Waals surface area (Å²) in [5.41, 5.74) is 3.77. The predicted octanol–water partition coefficient (Wildman–Crippen LogP) is 3.38. The van der Waals surface area contributed by atoms with Crippen LogP contribution in [-0.4, -0.2) is 32.7 Å². The van der Waals surface area contributed by atoms with Crippen LogP contribution >= 0.6 is 0 Å². The number of benzene rings is 2. The summed E-state index contributed by atoms with van der Waals surface area (Å²) in [7, 11) is 0. The molecule has 27 heavy (non-hydrogen) atoms. The van der Waals surface area contributed by atoms with Gasteiger partial charge in [-0.3, -0.25) is 4.79 Å². The molecule has 0 fully saturated rings. The Labute approximate surface area is 158 Å². The van der Waals surface area contributed by atoms with Gasteiger partial charge in [0.25, 0.3) is 0 Å². The molecule has 0 aliphatic heterocycles. The van der Waals surface area contributed by atoms with Gasteiger partial charge in [0, 0.05) is 11.3 Å². The molecular weight excluding hydrogens is 342 g/mol. The highest BCUT2D eigenvalue weighted by atomic mass is 16.5. The molecule has 0 spiro atoms. The van der Waals surface area contributed by atoms with Crippen LogP contribution in [0.5, 0.6) is 5.75 Å². The van der Waals surface area contributed by atoms with Crippen LogP contribution in [0, 0.1) is 13.8 Å². The van der Waals surface area contributed by atoms with Gasteiger partial charge in [0.05, 0.1) is 6.61 Å². The SMILES string of the molecule is CCCOc1ccc(-c2nnn(CC(=O)Nc3ccc(C)cc3C)n2)cc1. The summed E-state index contributed by atoms with van der Waals surface area (Å²) in [4.78, 5) is 13.5. The van der Waals surface area contributed by atoms with Gasteiger partial charge in [0.1, 0.15) is 12.3 Å². The lowest BCUT2D eigenvalue weighted by Crippen LogP contribution is -2.21. The molecule has 3 aromatic rings. The van der Waals surface area contributed by atoms with E-state index in [9.17, 15) is 4.79 Å². The number of ether oxygens (including phenoxy) is 1. The van der Waals surface area contributed by atoms with Crippen molar-refractivity contribution in [3.05, 3.63) is 53.6 Å². The second-order valence-corrected chi connectivity index (χ2v) is 6.38. The highest BCUT2D eigenvalue weighted by Gasteiger charge is 2.11. The van der Waals surface area contributed by atoms with Gasteiger partial charge in [-0.1, -0.05) is 24.6 Å². The summed E-state index contributed by atoms with van der Waals surface area (Å²) in [6.45, 7) is 6.72. The molecule has 140 valence electrons. The van der Waals surface area contributed by atoms with E-state index in [-0.39, 0.29) is 12.5 Å². The first kappa shape index (κ1) is 18.6. The first-order valence-electron chi connectivity index (χ1n) is 8.93. The zero-order valence-electron chi connectivity index (χ0n) is 15.8. The molecule has 3 rings (SSSR count). The van der Waals surface area contributed by atoms with E-state index in [0.717, 1.165) is 34.5 Å². The summed E-state index contributed by atoms with van der Waals surface area (Å²) in [5, 5.41) is 15.2. The number of carbonyl (C=O) groups is 1. The van der Waals surface area contributed by atoms with Crippen molar-refractivity contribution in [1.29, 1.82) is 0 Å². The first-order valence-corrected chi connectivity index (χ1v) is 8.93. The molecule has 1 N–H and O–H groups in total. The number of aryl methyl sites for hydroxylation is 2. The monoisotopic (exact) mass is 365 g/mol. The topological polar surface area (TPSA) is 81.9 Å². The predicted molar refractivity (Wildman–Crippen MR) is 104 cm³/mol. The lowest BCUT2D eigenvalue weighted by molar-refractivity contribution is -0.117. The van der Waals surface area contributed by atoms with Crippen LogP contribution in [0.3, 0.4) is 0 Å². The molecule has 7 heteroatoms. The molecular formula is C20H23N5O2. The van der Waals surface area contributed by atoms with Crippen LogP contribution in [-0.2, 0) is 11.3 Å². The molecule has 0 atom stereocenters. The highest BCUT2D eigenvalue weighted by Crippen LogP contribution is 2.19. The Morgan fingerprint density at radius 3 is 2.63 bits per heavy atom. The summed E-state index contributed by atoms with van der Waals surface area (Å²) >= 11 is 0. The molecule has 1 aromatic heterocycles. The van der Waals surface area contributed by atoms with Crippen molar-refractivity contribution in [3.63, 3.8) is 0 Å². The van der Waals surface area contributed by atoms with E-state index in [1.54, 1.807) is 0 Å². The number of nitrogens with one attached hydrogen (secondary N) is 1. The minimum Gasteiger partial charge on any atom is -0.494 e. The quantitative estimate of drug-likeness (QED) is 0.694. The number of hydrogen-bond donors (Lipinski definition) is 1. The van der Waals surface area contributed by atoms with Crippen molar-refractivity contribution in [1.82, 2.24) is 20.2 Å². The van der Waals surface area contributed by atoms with Crippen LogP contribution in [0.4, 0.5) is 5.69 Å². The van der Waals surface area contributed by atoms with Gasteiger partial charge in [0.15, 0.2) is 0 Å². The Balaban J connectivity index is 1.62. The standard InChI is InChI=1S/C20H23N5O2/c1-4-11-27-17-8-6-16(7-9-17)20-22-24-25(23-20)13-19(26)21-18-10-5-14(2)12-15(18)3/h5-10,12H,4,11,13H2,1-3H3,(H,21,26). The molecule has 2 aromatic carbocycles. The maximum Gasteiger partial charge on any atom is 0.248 e. The molecule has 0 unspecified atom stereocenters. The van der Waals surface area contributed by atoms with E-state index in [2.05, 4.69) is 27.7 Å². The van der Waals surface area contributed by atoms with E-state index in [0.29, 0.717) is 12.4 Å². The van der Waals surface area contributed by atoms with E-state index in [1.807, 2.05) is 56.3 Å². The fourth-order valence-corrected chi connectivity index (χ4v) is 2.62. The number of anilines is 1. The van der Waals surface area contributed by atoms with Gasteiger partial charge in [-0.05, 0) is 61.4 Å². The van der Waals surface area contributed by atoms with E-state index in [1.165, 1.54) is 4.80 Å². The number of tetrazole rings is 1. The van der Waals surface area contributed by atoms with E-state index >= 15 is 0 Å². The van der Waals surface area contributed by atoms with Crippen molar-refractivity contribution in [3.8, 4) is 17.1 Å². The van der Waals surface area contributed by atoms with E-state index < -0.39 is 0 Å². The number of rotatable bonds is 7. The Morgan fingerprint density at radius 1 is 1.15 bits per heavy atom. The van der Waals surface area contributed by atoms with E-state index in [4.69, 9.17) is 4.74 Å². The molecule has 1 amide bonds. The molecule has 0 aliphatic carbocycles. The van der Waals surface area contributed by atoms with Crippen LogP contribution in [0.2, 0.25) is 0 Å². The van der Waals surface area contributed by atoms with Gasteiger partial charge >= 0.3 is 0 Å². The smallest absolute Gasteiger partial charge is 0.248 e. The van der Waals surface area contributed by atoms with Crippen molar-refractivity contribution in [2.75, 3.05) is 11.9 Å². The highest BCUT2D eigenvalue weighted by molar-refractivity contribution is 5.91. The van der Waals surface area contributed by atoms with Crippen LogP contribution in [0.25, 0.3) is 11.4 Å². The minimum atomic E-state index is -0.200. The second-order valence-electron chi connectivity index (χ2n) is 6.38. The van der Waals surface area contributed by atoms with Crippen molar-refractivity contribution >= 4 is 11.6 Å². The van der Waals surface area contributed by atoms with Crippen molar-refractivity contribution < 1.29 is 9.53 Å². The van der Waals surface area contributed by atoms with Gasteiger partial charge in [-0.25, -0.2) is 0 Å². The Hall–Kier alpha value is -3.22. The molecule has 7 nitrogen and oxygen atoms in total. The Bertz CT molecular complexity index is 918. The van der Waals surface area contributed by atoms with Crippen LogP contribution < -0.4 is 10.1 Å². The minimum absolute atomic E-state index is 0.00197. The number of amides is 1. The maximum absolute atomic E-state index is 12.3. The molecule has 0 aliphatic rings. The summed E-state index contributed by atoms with van der Waals surface area (Å²) in [6, 6.07) is 13.4. The average molecular weight is 365 g/mol. The van der Waals surface area contributed by atoms with Crippen LogP contribution in [0.1, 0.15) is 24.5 Å². The lowest BCUT2D eigenvalue weighted by atomic mass is 10.1. The van der Waals surface area contributed by atoms with Gasteiger partial charge < -0.3 is 10.1 Å². The Kier molecular flexibility index (Phi) is 5.80. The third kappa shape index (κ3) is 4.91. The van der Waals surface area contributed by atoms with Crippen molar-refractivity contribution in [2.45, 2.75) is 33.7 Å². The van der Waals surface area contributed by atoms with Crippen LogP contribution in [0.15, 0.2) is 42.5 Å². The third-order valence-electron chi connectivity index (χ3n) is 3.98. The fraction of sp³-hybridized carbons (Fsp3) is 0.300. The normalized spacial score (nSPS) is 10.6. The average Bonchev–Trinajstić information content (AvgIpc) is 3.11. The number of nitrogens with zero attached hydrogens (tertiary/aromatic N) is 4. The summed E-state index contributed by atoms with van der Waals surface area (Å²) < 4.78 is 5.56. The zero-order chi connectivity index (χ0) is 19.2. The first-order chi connectivity index (χ1) is 13.0. The summed E-state index contributed by atoms with van der Waals surface area (Å²) in [5.74, 6) is 1.08. The summed E-state index contributed by atoms with van der Waals surface area (Å²) in [6.07, 6.45) is 0.960. The molecule has 0 saturated carbocycles. The van der Waals surface area contributed by atoms with Crippen molar-refractivity contribution in [2.24, 2.45) is 0 Å². The molecule has 0 saturated heterocycles. The zero-order valence-corrected chi connectivity index (χ0v) is 15.8. The largest absolute Gasteiger partial charge is 0.494 e. The number of carbonyl (C=O) groups excluding carboxylic acids is 1. The third-order valence-corrected chi connectivity index (χ3v) is 3.98. The number of aromatic nitrogens is 4. The molecule has 0 radical (unpaired) electrons.